The van der Waals surface area contributed by atoms with Crippen LogP contribution in [-0.2, 0) is 10.1 Å². The van der Waals surface area contributed by atoms with E-state index in [9.17, 15) is 18.1 Å². The lowest BCUT2D eigenvalue weighted by Gasteiger charge is -2.32. The van der Waals surface area contributed by atoms with Crippen molar-refractivity contribution in [2.45, 2.75) is 89.9 Å². The molecule has 0 saturated carbocycles. The maximum atomic E-state index is 10.4. The van der Waals surface area contributed by atoms with Crippen LogP contribution in [0, 0.1) is 6.92 Å². The highest BCUT2D eigenvalue weighted by Gasteiger charge is 2.18. The summed E-state index contributed by atoms with van der Waals surface area (Å²) < 4.78 is 32.0. The maximum absolute atomic E-state index is 10.4. The molecule has 5 nitrogen and oxygen atoms in total. The van der Waals surface area contributed by atoms with Crippen LogP contribution in [0.15, 0.2) is 29.2 Å². The number of rotatable bonds is 14. The highest BCUT2D eigenvalue weighted by molar-refractivity contribution is 7.85. The zero-order chi connectivity index (χ0) is 22.2. The Bertz CT molecular complexity index is 616. The molecule has 0 heterocycles. The van der Waals surface area contributed by atoms with Gasteiger partial charge in [-0.2, -0.15) is 0 Å². The van der Waals surface area contributed by atoms with Gasteiger partial charge in [0.1, 0.15) is 10.1 Å². The number of benzene rings is 1. The summed E-state index contributed by atoms with van der Waals surface area (Å²) in [6, 6.07) is 5.78. The Morgan fingerprint density at radius 2 is 1.24 bits per heavy atom. The molecule has 1 N–H and O–H groups in total. The Kier molecular flexibility index (Phi) is 15.3. The van der Waals surface area contributed by atoms with Crippen molar-refractivity contribution in [2.24, 2.45) is 0 Å². The van der Waals surface area contributed by atoms with E-state index in [4.69, 9.17) is 0 Å². The third-order valence-electron chi connectivity index (χ3n) is 5.25. The van der Waals surface area contributed by atoms with E-state index in [1.807, 2.05) is 6.92 Å². The van der Waals surface area contributed by atoms with E-state index in [1.165, 1.54) is 76.3 Å². The first-order valence-corrected chi connectivity index (χ1v) is 12.6. The number of aliphatic hydroxyl groups excluding tert-OH is 1. The van der Waals surface area contributed by atoms with Gasteiger partial charge in [0, 0.05) is 0 Å². The van der Waals surface area contributed by atoms with E-state index in [0.29, 0.717) is 6.73 Å². The molecule has 0 aliphatic heterocycles. The Balaban J connectivity index is 0.000000604. The normalized spacial score (nSPS) is 13.4. The summed E-state index contributed by atoms with van der Waals surface area (Å²) in [5.74, 6) is 0. The third kappa shape index (κ3) is 14.6. The third-order valence-corrected chi connectivity index (χ3v) is 6.10. The molecule has 29 heavy (non-hydrogen) atoms. The number of aryl methyl sites for hydroxylation is 1. The van der Waals surface area contributed by atoms with Gasteiger partial charge >= 0.3 is 0 Å². The predicted octanol–water partition coefficient (Wildman–Crippen LogP) is 5.22. The SMILES string of the molecule is CCCCCCCC[N+](C)(CO)CCCCCC.Cc1ccc(S(=O)(=O)[O-])cc1. The van der Waals surface area contributed by atoms with Crippen LogP contribution in [0.3, 0.4) is 0 Å². The monoisotopic (exact) mass is 429 g/mol. The molecule has 0 radical (unpaired) electrons. The van der Waals surface area contributed by atoms with Gasteiger partial charge in [0.2, 0.25) is 0 Å². The fourth-order valence-electron chi connectivity index (χ4n) is 3.15. The second kappa shape index (κ2) is 15.8. The highest BCUT2D eigenvalue weighted by atomic mass is 32.2. The molecule has 0 spiro atoms. The summed E-state index contributed by atoms with van der Waals surface area (Å²) in [6.45, 7) is 8.93. The molecule has 1 unspecified atom stereocenters. The van der Waals surface area contributed by atoms with E-state index in [2.05, 4.69) is 20.9 Å². The molecule has 0 fully saturated rings. The van der Waals surface area contributed by atoms with Crippen molar-refractivity contribution in [2.75, 3.05) is 26.9 Å². The fraction of sp³-hybridized carbons (Fsp3) is 0.739. The first kappa shape index (κ1) is 28.1. The van der Waals surface area contributed by atoms with Gasteiger partial charge in [-0.1, -0.05) is 70.1 Å². The molecule has 170 valence electrons. The van der Waals surface area contributed by atoms with Gasteiger partial charge in [-0.05, 0) is 44.7 Å². The first-order chi connectivity index (χ1) is 13.7. The Morgan fingerprint density at radius 3 is 1.66 bits per heavy atom. The predicted molar refractivity (Wildman–Crippen MR) is 120 cm³/mol. The van der Waals surface area contributed by atoms with Crippen LogP contribution >= 0.6 is 0 Å². The lowest BCUT2D eigenvalue weighted by molar-refractivity contribution is -0.927. The number of nitrogens with zero attached hydrogens (tertiary/aromatic N) is 1. The summed E-state index contributed by atoms with van der Waals surface area (Å²) in [7, 11) is -2.06. The largest absolute Gasteiger partial charge is 0.744 e. The smallest absolute Gasteiger partial charge is 0.180 e. The lowest BCUT2D eigenvalue weighted by atomic mass is 10.1. The van der Waals surface area contributed by atoms with Crippen molar-refractivity contribution in [1.82, 2.24) is 0 Å². The van der Waals surface area contributed by atoms with Gasteiger partial charge in [-0.25, -0.2) is 8.42 Å². The number of hydrogen-bond acceptors (Lipinski definition) is 4. The van der Waals surface area contributed by atoms with E-state index >= 15 is 0 Å². The molecule has 1 atom stereocenters. The molecule has 0 amide bonds. The van der Waals surface area contributed by atoms with Crippen molar-refractivity contribution in [1.29, 1.82) is 0 Å². The molecular weight excluding hydrogens is 386 g/mol. The minimum absolute atomic E-state index is 0.178. The van der Waals surface area contributed by atoms with Crippen molar-refractivity contribution in [3.63, 3.8) is 0 Å². The first-order valence-electron chi connectivity index (χ1n) is 11.2. The number of hydrogen-bond donors (Lipinski definition) is 1. The summed E-state index contributed by atoms with van der Waals surface area (Å²) in [6.07, 6.45) is 13.3. The fourth-order valence-corrected chi connectivity index (χ4v) is 3.62. The van der Waals surface area contributed by atoms with Crippen LogP contribution in [0.4, 0.5) is 0 Å². The van der Waals surface area contributed by atoms with E-state index < -0.39 is 10.1 Å². The van der Waals surface area contributed by atoms with Crippen LogP contribution in [0.5, 0.6) is 0 Å². The van der Waals surface area contributed by atoms with Gasteiger partial charge in [0.15, 0.2) is 6.73 Å². The quantitative estimate of drug-likeness (QED) is 0.190. The average molecular weight is 430 g/mol. The minimum atomic E-state index is -4.27. The van der Waals surface area contributed by atoms with E-state index in [-0.39, 0.29) is 4.90 Å². The zero-order valence-electron chi connectivity index (χ0n) is 19.0. The molecular formula is C23H43NO4S. The number of aliphatic hydroxyl groups is 1. The van der Waals surface area contributed by atoms with Gasteiger partial charge in [-0.3, -0.25) is 0 Å². The second-order valence-electron chi connectivity index (χ2n) is 8.30. The molecule has 0 aliphatic carbocycles. The molecule has 1 rings (SSSR count). The van der Waals surface area contributed by atoms with Crippen LogP contribution in [-0.4, -0.2) is 49.4 Å². The summed E-state index contributed by atoms with van der Waals surface area (Å²) in [5, 5.41) is 9.55. The molecule has 1 aromatic carbocycles. The minimum Gasteiger partial charge on any atom is -0.744 e. The summed E-state index contributed by atoms with van der Waals surface area (Å²) >= 11 is 0. The molecule has 0 aromatic heterocycles. The Morgan fingerprint density at radius 1 is 0.828 bits per heavy atom. The number of quaternary nitrogens is 1. The average Bonchev–Trinajstić information content (AvgIpc) is 2.68. The molecule has 0 bridgehead atoms. The lowest BCUT2D eigenvalue weighted by Crippen LogP contribution is -2.46. The van der Waals surface area contributed by atoms with Gasteiger partial charge in [-0.15, -0.1) is 0 Å². The van der Waals surface area contributed by atoms with Gasteiger partial charge in [0.25, 0.3) is 0 Å². The Hall–Kier alpha value is -0.950. The van der Waals surface area contributed by atoms with Gasteiger partial charge < -0.3 is 14.1 Å². The van der Waals surface area contributed by atoms with Crippen LogP contribution < -0.4 is 0 Å². The highest BCUT2D eigenvalue weighted by Crippen LogP contribution is 2.12. The van der Waals surface area contributed by atoms with Crippen LogP contribution in [0.2, 0.25) is 0 Å². The standard InChI is InChI=1S/C16H36NO.C7H8O3S/c1-4-6-8-10-11-13-15-17(3,16-18)14-12-9-7-5-2;1-6-2-4-7(5-3-6)11(8,9)10/h18H,4-16H2,1-3H3;2-5H,1H3,(H,8,9,10)/q+1;/p-1. The topological polar surface area (TPSA) is 77.4 Å². The van der Waals surface area contributed by atoms with Crippen molar-refractivity contribution >= 4 is 10.1 Å². The van der Waals surface area contributed by atoms with Crippen LogP contribution in [0.1, 0.15) is 83.6 Å². The molecule has 6 heteroatoms. The number of unbranched alkanes of at least 4 members (excludes halogenated alkanes) is 8. The van der Waals surface area contributed by atoms with Gasteiger partial charge in [0.05, 0.1) is 25.0 Å². The summed E-state index contributed by atoms with van der Waals surface area (Å²) in [4.78, 5) is -0.178. The van der Waals surface area contributed by atoms with E-state index in [1.54, 1.807) is 12.1 Å². The van der Waals surface area contributed by atoms with E-state index in [0.717, 1.165) is 23.1 Å². The van der Waals surface area contributed by atoms with Crippen molar-refractivity contribution < 1.29 is 22.6 Å². The maximum Gasteiger partial charge on any atom is 0.180 e. The second-order valence-corrected chi connectivity index (χ2v) is 9.68. The van der Waals surface area contributed by atoms with Crippen molar-refractivity contribution in [3.8, 4) is 0 Å². The molecule has 0 saturated heterocycles. The summed E-state index contributed by atoms with van der Waals surface area (Å²) in [5.41, 5.74) is 0.928. The Labute approximate surface area is 179 Å². The molecule has 0 aliphatic rings. The zero-order valence-corrected chi connectivity index (χ0v) is 19.8. The molecule has 1 aromatic rings. The van der Waals surface area contributed by atoms with Crippen LogP contribution in [0.25, 0.3) is 0 Å². The van der Waals surface area contributed by atoms with Crippen molar-refractivity contribution in [3.05, 3.63) is 29.8 Å².